The Kier molecular flexibility index (Phi) is 5.18. The molecule has 8 heteroatoms. The first-order chi connectivity index (χ1) is 10.0. The fourth-order valence-corrected chi connectivity index (χ4v) is 2.42. The molecule has 1 N–H and O–H groups in total. The topological polar surface area (TPSA) is 64.4 Å². The third-order valence-corrected chi connectivity index (χ3v) is 3.56. The Balaban J connectivity index is 1.81. The molecule has 0 amide bonds. The monoisotopic (exact) mass is 314 g/mol. The summed E-state index contributed by atoms with van der Waals surface area (Å²) in [6, 6.07) is 7.83. The van der Waals surface area contributed by atoms with Gasteiger partial charge in [0.1, 0.15) is 5.75 Å². The Morgan fingerprint density at radius 2 is 1.90 bits per heavy atom. The molecule has 0 atom stereocenters. The molecule has 0 radical (unpaired) electrons. The van der Waals surface area contributed by atoms with E-state index in [1.807, 2.05) is 0 Å². The predicted molar refractivity (Wildman–Crippen MR) is 74.6 cm³/mol. The summed E-state index contributed by atoms with van der Waals surface area (Å²) in [5.41, 5.74) is 1.74. The second-order valence-electron chi connectivity index (χ2n) is 4.18. The third-order valence-electron chi connectivity index (χ3n) is 2.63. The van der Waals surface area contributed by atoms with Crippen LogP contribution in [0.15, 0.2) is 35.7 Å². The molecular weight excluding hydrogens is 302 g/mol. The van der Waals surface area contributed by atoms with Crippen molar-refractivity contribution in [2.75, 3.05) is 0 Å². The molecule has 21 heavy (non-hydrogen) atoms. The van der Waals surface area contributed by atoms with Crippen LogP contribution in [0.4, 0.5) is 13.8 Å². The largest absolute Gasteiger partial charge is 0.435 e. The van der Waals surface area contributed by atoms with Gasteiger partial charge in [-0.25, -0.2) is 0 Å². The molecule has 112 valence electrons. The molecule has 1 heterocycles. The summed E-state index contributed by atoms with van der Waals surface area (Å²) in [7, 11) is 0. The highest BCUT2D eigenvalue weighted by Crippen LogP contribution is 2.22. The lowest BCUT2D eigenvalue weighted by Gasteiger charge is -2.06. The number of benzene rings is 1. The highest BCUT2D eigenvalue weighted by molar-refractivity contribution is 7.13. The first kappa shape index (κ1) is 15.3. The first-order valence-electron chi connectivity index (χ1n) is 6.01. The average molecular weight is 314 g/mol. The maximum Gasteiger partial charge on any atom is 0.387 e. The van der Waals surface area contributed by atoms with E-state index in [1.54, 1.807) is 17.5 Å². The van der Waals surface area contributed by atoms with Crippen LogP contribution >= 0.6 is 11.3 Å². The van der Waals surface area contributed by atoms with Crippen molar-refractivity contribution in [2.24, 2.45) is 0 Å². The zero-order chi connectivity index (χ0) is 15.2. The van der Waals surface area contributed by atoms with Crippen LogP contribution in [0.25, 0.3) is 0 Å². The van der Waals surface area contributed by atoms with Gasteiger partial charge in [0, 0.05) is 24.5 Å². The fraction of sp³-hybridized carbons (Fsp3) is 0.231. The summed E-state index contributed by atoms with van der Waals surface area (Å²) in [5, 5.41) is 15.5. The Morgan fingerprint density at radius 3 is 2.48 bits per heavy atom. The van der Waals surface area contributed by atoms with E-state index in [2.05, 4.69) is 10.1 Å². The van der Waals surface area contributed by atoms with Crippen LogP contribution in [0.5, 0.6) is 5.75 Å². The van der Waals surface area contributed by atoms with Gasteiger partial charge in [0.15, 0.2) is 0 Å². The number of nitrogens with zero attached hydrogens (tertiary/aromatic N) is 1. The van der Waals surface area contributed by atoms with Gasteiger partial charge >= 0.3 is 11.6 Å². The van der Waals surface area contributed by atoms with Crippen molar-refractivity contribution in [3.63, 3.8) is 0 Å². The number of hydrogen-bond donors (Lipinski definition) is 1. The van der Waals surface area contributed by atoms with E-state index in [4.69, 9.17) is 0 Å². The SMILES string of the molecule is O=[N+]([O-])c1cc(CNCc2ccc(OC(F)F)cc2)cs1. The minimum Gasteiger partial charge on any atom is -0.435 e. The van der Waals surface area contributed by atoms with Crippen LogP contribution in [-0.4, -0.2) is 11.5 Å². The van der Waals surface area contributed by atoms with Gasteiger partial charge in [0.2, 0.25) is 0 Å². The number of ether oxygens (including phenoxy) is 1. The van der Waals surface area contributed by atoms with Gasteiger partial charge in [-0.2, -0.15) is 8.78 Å². The Bertz CT molecular complexity index is 602. The summed E-state index contributed by atoms with van der Waals surface area (Å²) in [6.45, 7) is -1.80. The van der Waals surface area contributed by atoms with Crippen LogP contribution in [0.2, 0.25) is 0 Å². The third kappa shape index (κ3) is 4.76. The van der Waals surface area contributed by atoms with E-state index >= 15 is 0 Å². The lowest BCUT2D eigenvalue weighted by Crippen LogP contribution is -2.12. The van der Waals surface area contributed by atoms with Crippen molar-refractivity contribution in [2.45, 2.75) is 19.7 Å². The van der Waals surface area contributed by atoms with E-state index in [1.165, 1.54) is 18.2 Å². The van der Waals surface area contributed by atoms with Crippen LogP contribution in [0, 0.1) is 10.1 Å². The molecule has 0 fully saturated rings. The van der Waals surface area contributed by atoms with Gasteiger partial charge in [-0.3, -0.25) is 10.1 Å². The highest BCUT2D eigenvalue weighted by atomic mass is 32.1. The lowest BCUT2D eigenvalue weighted by molar-refractivity contribution is -0.380. The number of halogens is 2. The second-order valence-corrected chi connectivity index (χ2v) is 5.07. The molecule has 0 aliphatic heterocycles. The van der Waals surface area contributed by atoms with Gasteiger partial charge in [-0.05, 0) is 23.3 Å². The Morgan fingerprint density at radius 1 is 1.24 bits per heavy atom. The number of rotatable bonds is 7. The summed E-state index contributed by atoms with van der Waals surface area (Å²) in [6.07, 6.45) is 0. The van der Waals surface area contributed by atoms with Gasteiger partial charge in [-0.1, -0.05) is 23.5 Å². The highest BCUT2D eigenvalue weighted by Gasteiger charge is 2.09. The molecule has 0 aliphatic carbocycles. The Hall–Kier alpha value is -2.06. The van der Waals surface area contributed by atoms with Gasteiger partial charge < -0.3 is 10.1 Å². The Labute approximate surface area is 123 Å². The zero-order valence-corrected chi connectivity index (χ0v) is 11.6. The smallest absolute Gasteiger partial charge is 0.387 e. The number of thiophene rings is 1. The maximum absolute atomic E-state index is 12.0. The van der Waals surface area contributed by atoms with Crippen LogP contribution in [0.3, 0.4) is 0 Å². The first-order valence-corrected chi connectivity index (χ1v) is 6.89. The van der Waals surface area contributed by atoms with Crippen LogP contribution in [-0.2, 0) is 13.1 Å². The summed E-state index contributed by atoms with van der Waals surface area (Å²) >= 11 is 1.08. The molecule has 0 saturated heterocycles. The lowest BCUT2D eigenvalue weighted by atomic mass is 10.2. The molecule has 0 spiro atoms. The number of nitrogens with one attached hydrogen (secondary N) is 1. The van der Waals surface area contributed by atoms with Crippen molar-refractivity contribution >= 4 is 16.3 Å². The van der Waals surface area contributed by atoms with E-state index < -0.39 is 11.5 Å². The van der Waals surface area contributed by atoms with Gasteiger partial charge in [0.25, 0.3) is 0 Å². The molecule has 2 aromatic rings. The molecule has 2 rings (SSSR count). The van der Waals surface area contributed by atoms with Gasteiger partial charge in [0.05, 0.1) is 4.92 Å². The molecule has 5 nitrogen and oxygen atoms in total. The molecule has 1 aromatic carbocycles. The molecule has 0 bridgehead atoms. The summed E-state index contributed by atoms with van der Waals surface area (Å²) < 4.78 is 28.2. The van der Waals surface area contributed by atoms with Crippen molar-refractivity contribution in [3.8, 4) is 5.75 Å². The quantitative estimate of drug-likeness (QED) is 0.627. The fourth-order valence-electron chi connectivity index (χ4n) is 1.69. The molecule has 1 aromatic heterocycles. The molecular formula is C13H12F2N2O3S. The van der Waals surface area contributed by atoms with Crippen molar-refractivity contribution in [1.82, 2.24) is 5.32 Å². The minimum atomic E-state index is -2.83. The van der Waals surface area contributed by atoms with Crippen molar-refractivity contribution < 1.29 is 18.4 Å². The summed E-state index contributed by atoms with van der Waals surface area (Å²) in [4.78, 5) is 10.1. The molecule has 0 saturated carbocycles. The normalized spacial score (nSPS) is 10.8. The predicted octanol–water partition coefficient (Wildman–Crippen LogP) is 3.55. The van der Waals surface area contributed by atoms with Crippen LogP contribution < -0.4 is 10.1 Å². The van der Waals surface area contributed by atoms with Crippen LogP contribution in [0.1, 0.15) is 11.1 Å². The minimum absolute atomic E-state index is 0.111. The number of hydrogen-bond acceptors (Lipinski definition) is 5. The van der Waals surface area contributed by atoms with Gasteiger partial charge in [-0.15, -0.1) is 0 Å². The zero-order valence-electron chi connectivity index (χ0n) is 10.8. The average Bonchev–Trinajstić information content (AvgIpc) is 2.89. The maximum atomic E-state index is 12.0. The summed E-state index contributed by atoms with van der Waals surface area (Å²) in [5.74, 6) is 0.113. The van der Waals surface area contributed by atoms with E-state index in [0.717, 1.165) is 22.5 Å². The van der Waals surface area contributed by atoms with E-state index in [0.29, 0.717) is 13.1 Å². The number of nitro groups is 1. The number of alkyl halides is 2. The van der Waals surface area contributed by atoms with E-state index in [9.17, 15) is 18.9 Å². The molecule has 0 unspecified atom stereocenters. The molecule has 0 aliphatic rings. The van der Waals surface area contributed by atoms with Crippen molar-refractivity contribution in [1.29, 1.82) is 0 Å². The second kappa shape index (κ2) is 7.09. The van der Waals surface area contributed by atoms with E-state index in [-0.39, 0.29) is 10.8 Å². The van der Waals surface area contributed by atoms with Crippen molar-refractivity contribution in [3.05, 3.63) is 57.0 Å². The standard InChI is InChI=1S/C13H12F2N2O3S/c14-13(15)20-11-3-1-9(2-4-11)6-16-7-10-5-12(17(18)19)21-8-10/h1-5,8,13,16H,6-7H2.